The second kappa shape index (κ2) is 8.06. The zero-order valence-corrected chi connectivity index (χ0v) is 16.9. The summed E-state index contributed by atoms with van der Waals surface area (Å²) in [6.07, 6.45) is 4.52. The largest absolute Gasteiger partial charge is 0.335 e. The Kier molecular flexibility index (Phi) is 5.33. The van der Waals surface area contributed by atoms with Crippen LogP contribution in [-0.2, 0) is 17.6 Å². The zero-order chi connectivity index (χ0) is 20.4. The summed E-state index contributed by atoms with van der Waals surface area (Å²) in [5.74, 6) is -0.0120. The van der Waals surface area contributed by atoms with Gasteiger partial charge in [0.2, 0.25) is 5.91 Å². The molecule has 1 aromatic heterocycles. The molecule has 3 aromatic rings. The molecule has 5 heteroatoms. The summed E-state index contributed by atoms with van der Waals surface area (Å²) < 4.78 is 0. The first-order valence-electron chi connectivity index (χ1n) is 9.59. The van der Waals surface area contributed by atoms with E-state index in [-0.39, 0.29) is 18.4 Å². The van der Waals surface area contributed by atoms with Crippen LogP contribution in [0.25, 0.3) is 11.1 Å². The Morgan fingerprint density at radius 2 is 1.97 bits per heavy atom. The fraction of sp³-hybridized carbons (Fsp3) is 0.208. The number of aromatic nitrogens is 1. The minimum Gasteiger partial charge on any atom is -0.335 e. The molecular weight excluding hydrogens is 382 g/mol. The second-order valence-corrected chi connectivity index (χ2v) is 7.58. The minimum atomic E-state index is -0.0407. The number of benzene rings is 2. The van der Waals surface area contributed by atoms with Gasteiger partial charge in [-0.25, -0.2) is 0 Å². The number of pyridine rings is 1. The third kappa shape index (κ3) is 3.62. The molecule has 0 fully saturated rings. The van der Waals surface area contributed by atoms with Crippen LogP contribution in [0.15, 0.2) is 60.9 Å². The van der Waals surface area contributed by atoms with Crippen LogP contribution < -0.4 is 0 Å². The Balaban J connectivity index is 1.63. The first-order chi connectivity index (χ1) is 14.1. The Morgan fingerprint density at radius 1 is 1.21 bits per heavy atom. The molecule has 0 aliphatic carbocycles. The SMILES string of the molecule is C[C@H]1c2cccc(-c3ccncc3)c2CCN1C(=O)Cc1c(Cl)cccc1C#N. The molecule has 0 saturated heterocycles. The first kappa shape index (κ1) is 19.2. The first-order valence-corrected chi connectivity index (χ1v) is 9.97. The van der Waals surface area contributed by atoms with E-state index in [1.807, 2.05) is 23.1 Å². The molecule has 1 atom stereocenters. The lowest BCUT2D eigenvalue weighted by Gasteiger charge is -2.36. The van der Waals surface area contributed by atoms with Crippen LogP contribution in [-0.4, -0.2) is 22.3 Å². The van der Waals surface area contributed by atoms with Gasteiger partial charge in [-0.05, 0) is 65.4 Å². The van der Waals surface area contributed by atoms with Crippen molar-refractivity contribution in [2.24, 2.45) is 0 Å². The predicted octanol–water partition coefficient (Wildman–Crippen LogP) is 4.96. The van der Waals surface area contributed by atoms with E-state index in [1.165, 1.54) is 16.7 Å². The summed E-state index contributed by atoms with van der Waals surface area (Å²) in [5, 5.41) is 9.81. The number of carbonyl (C=O) groups excluding carboxylic acids is 1. The number of hydrogen-bond donors (Lipinski definition) is 0. The van der Waals surface area contributed by atoms with Crippen LogP contribution in [0.5, 0.6) is 0 Å². The van der Waals surface area contributed by atoms with Gasteiger partial charge in [0.25, 0.3) is 0 Å². The molecule has 0 radical (unpaired) electrons. The zero-order valence-electron chi connectivity index (χ0n) is 16.1. The van der Waals surface area contributed by atoms with Gasteiger partial charge in [0, 0.05) is 24.0 Å². The van der Waals surface area contributed by atoms with Crippen molar-refractivity contribution in [3.05, 3.63) is 88.2 Å². The van der Waals surface area contributed by atoms with Crippen LogP contribution >= 0.6 is 11.6 Å². The highest BCUT2D eigenvalue weighted by Gasteiger charge is 2.29. The van der Waals surface area contributed by atoms with Crippen molar-refractivity contribution >= 4 is 17.5 Å². The maximum Gasteiger partial charge on any atom is 0.227 e. The minimum absolute atomic E-state index is 0.0120. The van der Waals surface area contributed by atoms with Crippen molar-refractivity contribution in [1.82, 2.24) is 9.88 Å². The number of amides is 1. The van der Waals surface area contributed by atoms with Crippen LogP contribution in [0.2, 0.25) is 5.02 Å². The van der Waals surface area contributed by atoms with Gasteiger partial charge in [-0.2, -0.15) is 5.26 Å². The lowest BCUT2D eigenvalue weighted by atomic mass is 9.87. The monoisotopic (exact) mass is 401 g/mol. The average Bonchev–Trinajstić information content (AvgIpc) is 2.75. The van der Waals surface area contributed by atoms with Crippen LogP contribution in [0.3, 0.4) is 0 Å². The van der Waals surface area contributed by atoms with Gasteiger partial charge in [-0.15, -0.1) is 0 Å². The normalized spacial score (nSPS) is 15.5. The molecule has 4 nitrogen and oxygen atoms in total. The van der Waals surface area contributed by atoms with Crippen molar-refractivity contribution in [2.45, 2.75) is 25.8 Å². The molecule has 1 aliphatic heterocycles. The number of carbonyl (C=O) groups is 1. The van der Waals surface area contributed by atoms with Gasteiger partial charge in [-0.3, -0.25) is 9.78 Å². The Labute approximate surface area is 175 Å². The highest BCUT2D eigenvalue weighted by atomic mass is 35.5. The Bertz CT molecular complexity index is 1100. The van der Waals surface area contributed by atoms with Crippen molar-refractivity contribution in [3.8, 4) is 17.2 Å². The van der Waals surface area contributed by atoms with Gasteiger partial charge in [-0.1, -0.05) is 35.9 Å². The lowest BCUT2D eigenvalue weighted by molar-refractivity contribution is -0.133. The average molecular weight is 402 g/mol. The van der Waals surface area contributed by atoms with Gasteiger partial charge >= 0.3 is 0 Å². The summed E-state index contributed by atoms with van der Waals surface area (Å²) in [6.45, 7) is 2.70. The number of nitrogens with zero attached hydrogens (tertiary/aromatic N) is 3. The van der Waals surface area contributed by atoms with E-state index in [0.717, 1.165) is 12.0 Å². The molecule has 4 rings (SSSR count). The lowest BCUT2D eigenvalue weighted by Crippen LogP contribution is -2.40. The molecule has 29 heavy (non-hydrogen) atoms. The van der Waals surface area contributed by atoms with Crippen LogP contribution in [0.1, 0.15) is 35.2 Å². The molecule has 0 unspecified atom stereocenters. The molecular formula is C24H20ClN3O. The fourth-order valence-electron chi connectivity index (χ4n) is 4.11. The van der Waals surface area contributed by atoms with Crippen LogP contribution in [0, 0.1) is 11.3 Å². The number of fused-ring (bicyclic) bond motifs is 1. The Hall–Kier alpha value is -3.16. The van der Waals surface area contributed by atoms with Crippen LogP contribution in [0.4, 0.5) is 0 Å². The molecule has 0 saturated carbocycles. The maximum absolute atomic E-state index is 13.1. The van der Waals surface area contributed by atoms with E-state index >= 15 is 0 Å². The molecule has 0 N–H and O–H groups in total. The van der Waals surface area contributed by atoms with E-state index in [0.29, 0.717) is 22.7 Å². The Morgan fingerprint density at radius 3 is 2.72 bits per heavy atom. The van der Waals surface area contributed by atoms with Gasteiger partial charge < -0.3 is 4.90 Å². The molecule has 0 bridgehead atoms. The summed E-state index contributed by atoms with van der Waals surface area (Å²) in [6, 6.07) is 17.5. The van der Waals surface area contributed by atoms with E-state index in [9.17, 15) is 10.1 Å². The van der Waals surface area contributed by atoms with Gasteiger partial charge in [0.1, 0.15) is 0 Å². The summed E-state index contributed by atoms with van der Waals surface area (Å²) in [7, 11) is 0. The summed E-state index contributed by atoms with van der Waals surface area (Å²) >= 11 is 6.27. The highest BCUT2D eigenvalue weighted by molar-refractivity contribution is 6.31. The fourth-order valence-corrected chi connectivity index (χ4v) is 4.35. The molecule has 1 aliphatic rings. The van der Waals surface area contributed by atoms with Crippen molar-refractivity contribution in [3.63, 3.8) is 0 Å². The smallest absolute Gasteiger partial charge is 0.227 e. The number of halogens is 1. The molecule has 1 amide bonds. The summed E-state index contributed by atoms with van der Waals surface area (Å²) in [5.41, 5.74) is 5.84. The van der Waals surface area contributed by atoms with E-state index in [4.69, 9.17) is 11.6 Å². The van der Waals surface area contributed by atoms with Gasteiger partial charge in [0.15, 0.2) is 0 Å². The molecule has 0 spiro atoms. The molecule has 144 valence electrons. The standard InChI is InChI=1S/C24H20ClN3O/c1-16-19-5-3-6-20(17-8-11-27-12-9-17)21(19)10-13-28(16)24(29)14-22-18(15-26)4-2-7-23(22)25/h2-9,11-12,16H,10,13-14H2,1H3/t16-/m0/s1. The molecule has 2 aromatic carbocycles. The maximum atomic E-state index is 13.1. The third-order valence-electron chi connectivity index (χ3n) is 5.61. The van der Waals surface area contributed by atoms with E-state index in [2.05, 4.69) is 30.1 Å². The molecule has 2 heterocycles. The second-order valence-electron chi connectivity index (χ2n) is 7.18. The van der Waals surface area contributed by atoms with Crippen molar-refractivity contribution in [2.75, 3.05) is 6.54 Å². The number of nitriles is 1. The summed E-state index contributed by atoms with van der Waals surface area (Å²) in [4.78, 5) is 19.1. The van der Waals surface area contributed by atoms with Gasteiger partial charge in [0.05, 0.1) is 24.1 Å². The van der Waals surface area contributed by atoms with Crippen molar-refractivity contribution < 1.29 is 4.79 Å². The third-order valence-corrected chi connectivity index (χ3v) is 5.97. The van der Waals surface area contributed by atoms with E-state index in [1.54, 1.807) is 30.6 Å². The number of rotatable bonds is 3. The quantitative estimate of drug-likeness (QED) is 0.623. The number of hydrogen-bond acceptors (Lipinski definition) is 3. The van der Waals surface area contributed by atoms with Crippen molar-refractivity contribution in [1.29, 1.82) is 5.26 Å². The predicted molar refractivity (Wildman–Crippen MR) is 113 cm³/mol. The highest BCUT2D eigenvalue weighted by Crippen LogP contribution is 2.36. The topological polar surface area (TPSA) is 57.0 Å². The van der Waals surface area contributed by atoms with E-state index < -0.39 is 0 Å².